The van der Waals surface area contributed by atoms with Crippen LogP contribution in [0, 0.1) is 6.92 Å². The Morgan fingerprint density at radius 2 is 2.33 bits per heavy atom. The molecule has 1 radical (unpaired) electrons. The molecule has 1 atom stereocenters. The first-order valence-electron chi connectivity index (χ1n) is 2.70. The Hall–Kier alpha value is -0.410. The molecule has 0 aliphatic carbocycles. The molecular weight excluding hydrogens is 120 g/mol. The molecule has 0 aromatic rings. The van der Waals surface area contributed by atoms with Crippen molar-refractivity contribution in [3.63, 3.8) is 0 Å². The third-order valence-electron chi connectivity index (χ3n) is 0.771. The number of hydrogen-bond acceptors (Lipinski definition) is 3. The average molecular weight is 131 g/mol. The average Bonchev–Trinajstić information content (AvgIpc) is 1.89. The Morgan fingerprint density at radius 1 is 1.67 bits per heavy atom. The Balaban J connectivity index is 2.96. The third kappa shape index (κ3) is 5.46. The normalized spacial score (nSPS) is 13.1. The Morgan fingerprint density at radius 3 is 2.78 bits per heavy atom. The van der Waals surface area contributed by atoms with Crippen LogP contribution in [0.1, 0.15) is 0 Å². The number of aldehydes is 1. The fourth-order valence-corrected chi connectivity index (χ4v) is 0.322. The molecule has 0 bridgehead atoms. The second-order valence-corrected chi connectivity index (χ2v) is 1.54. The topological polar surface area (TPSA) is 35.5 Å². The van der Waals surface area contributed by atoms with Crippen LogP contribution in [0.15, 0.2) is 0 Å². The van der Waals surface area contributed by atoms with Gasteiger partial charge in [0, 0.05) is 7.11 Å². The summed E-state index contributed by atoms with van der Waals surface area (Å²) < 4.78 is 9.50. The molecule has 0 saturated heterocycles. The number of carbonyl (C=O) groups is 1. The monoisotopic (exact) mass is 131 g/mol. The molecule has 0 aliphatic rings. The summed E-state index contributed by atoms with van der Waals surface area (Å²) in [5, 5.41) is 0. The molecular formula is C6H11O3. The Labute approximate surface area is 55.0 Å². The van der Waals surface area contributed by atoms with E-state index < -0.39 is 6.10 Å². The summed E-state index contributed by atoms with van der Waals surface area (Å²) >= 11 is 0. The van der Waals surface area contributed by atoms with Crippen LogP contribution in [0.3, 0.4) is 0 Å². The van der Waals surface area contributed by atoms with Crippen molar-refractivity contribution in [2.45, 2.75) is 6.10 Å². The molecule has 0 rings (SSSR count). The fraction of sp³-hybridized carbons (Fsp3) is 0.667. The summed E-state index contributed by atoms with van der Waals surface area (Å²) in [5.74, 6) is 0. The van der Waals surface area contributed by atoms with Crippen LogP contribution in [0.5, 0.6) is 0 Å². The molecule has 0 spiro atoms. The zero-order valence-corrected chi connectivity index (χ0v) is 5.50. The first kappa shape index (κ1) is 8.59. The van der Waals surface area contributed by atoms with Gasteiger partial charge in [0.05, 0.1) is 13.2 Å². The molecule has 0 amide bonds. The highest BCUT2D eigenvalue weighted by atomic mass is 16.5. The highest BCUT2D eigenvalue weighted by molar-refractivity contribution is 5.56. The van der Waals surface area contributed by atoms with Crippen LogP contribution >= 0.6 is 0 Å². The van der Waals surface area contributed by atoms with E-state index in [2.05, 4.69) is 11.7 Å². The standard InChI is InChI=1S/C6H11O3/c1-6(5-7)9-4-3-8-2/h5-6H,1,3-4H2,2H3. The van der Waals surface area contributed by atoms with Gasteiger partial charge in [0.1, 0.15) is 12.4 Å². The smallest absolute Gasteiger partial charge is 0.148 e. The van der Waals surface area contributed by atoms with E-state index in [4.69, 9.17) is 4.74 Å². The highest BCUT2D eigenvalue weighted by Gasteiger charge is 1.96. The van der Waals surface area contributed by atoms with Crippen molar-refractivity contribution >= 4 is 6.29 Å². The summed E-state index contributed by atoms with van der Waals surface area (Å²) in [6.45, 7) is 4.30. The van der Waals surface area contributed by atoms with E-state index in [0.717, 1.165) is 0 Å². The van der Waals surface area contributed by atoms with Crippen molar-refractivity contribution in [2.24, 2.45) is 0 Å². The van der Waals surface area contributed by atoms with Gasteiger partial charge < -0.3 is 14.3 Å². The van der Waals surface area contributed by atoms with Crippen LogP contribution in [-0.4, -0.2) is 32.7 Å². The second kappa shape index (κ2) is 5.72. The van der Waals surface area contributed by atoms with E-state index in [1.54, 1.807) is 7.11 Å². The lowest BCUT2D eigenvalue weighted by Gasteiger charge is -2.03. The van der Waals surface area contributed by atoms with Crippen molar-refractivity contribution in [3.8, 4) is 0 Å². The maximum Gasteiger partial charge on any atom is 0.148 e. The van der Waals surface area contributed by atoms with E-state index in [-0.39, 0.29) is 0 Å². The number of hydrogen-bond donors (Lipinski definition) is 0. The first-order valence-corrected chi connectivity index (χ1v) is 2.70. The molecule has 0 aromatic heterocycles. The largest absolute Gasteiger partial charge is 0.382 e. The summed E-state index contributed by atoms with van der Waals surface area (Å²) in [6.07, 6.45) is 0.0931. The maximum atomic E-state index is 9.87. The van der Waals surface area contributed by atoms with Gasteiger partial charge in [0.15, 0.2) is 0 Å². The van der Waals surface area contributed by atoms with E-state index in [1.165, 1.54) is 0 Å². The SMILES string of the molecule is [CH2]C(C=O)OCCOC. The summed E-state index contributed by atoms with van der Waals surface area (Å²) in [6, 6.07) is 0. The van der Waals surface area contributed by atoms with E-state index in [0.29, 0.717) is 19.5 Å². The zero-order valence-electron chi connectivity index (χ0n) is 5.50. The highest BCUT2D eigenvalue weighted by Crippen LogP contribution is 1.83. The number of rotatable bonds is 5. The molecule has 0 N–H and O–H groups in total. The molecule has 53 valence electrons. The van der Waals surface area contributed by atoms with Crippen LogP contribution in [0.4, 0.5) is 0 Å². The van der Waals surface area contributed by atoms with Crippen LogP contribution in [0.2, 0.25) is 0 Å². The predicted molar refractivity (Wildman–Crippen MR) is 33.0 cm³/mol. The van der Waals surface area contributed by atoms with Gasteiger partial charge in [-0.2, -0.15) is 0 Å². The molecule has 9 heavy (non-hydrogen) atoms. The van der Waals surface area contributed by atoms with Crippen LogP contribution in [-0.2, 0) is 14.3 Å². The second-order valence-electron chi connectivity index (χ2n) is 1.54. The minimum Gasteiger partial charge on any atom is -0.382 e. The summed E-state index contributed by atoms with van der Waals surface area (Å²) in [7, 11) is 1.57. The van der Waals surface area contributed by atoms with Gasteiger partial charge in [-0.15, -0.1) is 0 Å². The summed E-state index contributed by atoms with van der Waals surface area (Å²) in [5.41, 5.74) is 0. The molecule has 0 aliphatic heterocycles. The van der Waals surface area contributed by atoms with Crippen molar-refractivity contribution in [3.05, 3.63) is 6.92 Å². The van der Waals surface area contributed by atoms with Gasteiger partial charge in [0.2, 0.25) is 0 Å². The number of ether oxygens (including phenoxy) is 2. The van der Waals surface area contributed by atoms with Gasteiger partial charge in [0.25, 0.3) is 0 Å². The van der Waals surface area contributed by atoms with Crippen molar-refractivity contribution in [1.29, 1.82) is 0 Å². The van der Waals surface area contributed by atoms with Crippen LogP contribution in [0.25, 0.3) is 0 Å². The van der Waals surface area contributed by atoms with E-state index >= 15 is 0 Å². The Kier molecular flexibility index (Phi) is 5.46. The predicted octanol–water partition coefficient (Wildman–Crippen LogP) is 0.0510. The van der Waals surface area contributed by atoms with Gasteiger partial charge in [-0.3, -0.25) is 0 Å². The lowest BCUT2D eigenvalue weighted by Crippen LogP contribution is -2.13. The minimum absolute atomic E-state index is 0.420. The van der Waals surface area contributed by atoms with Crippen molar-refractivity contribution in [2.75, 3.05) is 20.3 Å². The number of methoxy groups -OCH3 is 1. The molecule has 0 fully saturated rings. The maximum absolute atomic E-state index is 9.87. The van der Waals surface area contributed by atoms with Gasteiger partial charge in [-0.25, -0.2) is 0 Å². The molecule has 0 heterocycles. The molecule has 0 saturated carbocycles. The van der Waals surface area contributed by atoms with E-state index in [9.17, 15) is 4.79 Å². The molecule has 1 unspecified atom stereocenters. The quantitative estimate of drug-likeness (QED) is 0.390. The molecule has 3 nitrogen and oxygen atoms in total. The van der Waals surface area contributed by atoms with Gasteiger partial charge in [-0.1, -0.05) is 0 Å². The Bertz CT molecular complexity index is 72.7. The fourth-order valence-electron chi connectivity index (χ4n) is 0.322. The van der Waals surface area contributed by atoms with Crippen molar-refractivity contribution < 1.29 is 14.3 Å². The minimum atomic E-state index is -0.555. The molecule has 0 aromatic carbocycles. The van der Waals surface area contributed by atoms with E-state index in [1.807, 2.05) is 0 Å². The van der Waals surface area contributed by atoms with Crippen LogP contribution < -0.4 is 0 Å². The lowest BCUT2D eigenvalue weighted by molar-refractivity contribution is -0.116. The van der Waals surface area contributed by atoms with Crippen molar-refractivity contribution in [1.82, 2.24) is 0 Å². The third-order valence-corrected chi connectivity index (χ3v) is 0.771. The van der Waals surface area contributed by atoms with Gasteiger partial charge >= 0.3 is 0 Å². The number of carbonyl (C=O) groups excluding carboxylic acids is 1. The molecule has 3 heteroatoms. The first-order chi connectivity index (χ1) is 4.31. The summed E-state index contributed by atoms with van der Waals surface area (Å²) in [4.78, 5) is 9.87. The van der Waals surface area contributed by atoms with Gasteiger partial charge in [-0.05, 0) is 6.92 Å². The lowest BCUT2D eigenvalue weighted by atomic mass is 10.5. The zero-order chi connectivity index (χ0) is 7.11.